The van der Waals surface area contributed by atoms with Crippen LogP contribution in [-0.2, 0) is 5.41 Å². The molecule has 0 aromatic heterocycles. The number of hydrogen-bond donors (Lipinski definition) is 0. The van der Waals surface area contributed by atoms with Gasteiger partial charge in [-0.15, -0.1) is 0 Å². The molecule has 9 aromatic carbocycles. The molecule has 0 bridgehead atoms. The van der Waals surface area contributed by atoms with Gasteiger partial charge in [-0.05, 0) is 110 Å². The lowest BCUT2D eigenvalue weighted by Crippen LogP contribution is -2.28. The molecule has 270 valence electrons. The Hall–Kier alpha value is -5.97. The Morgan fingerprint density at radius 3 is 1.86 bits per heavy atom. The first kappa shape index (κ1) is 34.3. The summed E-state index contributed by atoms with van der Waals surface area (Å²) < 4.78 is 0. The first-order chi connectivity index (χ1) is 28.2. The van der Waals surface area contributed by atoms with E-state index in [9.17, 15) is 0 Å². The van der Waals surface area contributed by atoms with Crippen LogP contribution in [0, 0.1) is 0 Å². The van der Waals surface area contributed by atoms with E-state index in [0.717, 1.165) is 27.6 Å². The van der Waals surface area contributed by atoms with Crippen molar-refractivity contribution in [2.75, 3.05) is 4.90 Å². The fourth-order valence-corrected chi connectivity index (χ4v) is 11.8. The zero-order chi connectivity index (χ0) is 37.9. The molecule has 1 heterocycles. The highest BCUT2D eigenvalue weighted by Gasteiger charge is 2.46. The van der Waals surface area contributed by atoms with Crippen molar-refractivity contribution in [3.63, 3.8) is 0 Å². The first-order valence-corrected chi connectivity index (χ1v) is 21.2. The minimum Gasteiger partial charge on any atom is -0.310 e. The number of para-hydroxylation sites is 1. The second-order valence-electron chi connectivity index (χ2n) is 14.6. The van der Waals surface area contributed by atoms with Crippen molar-refractivity contribution < 1.29 is 0 Å². The van der Waals surface area contributed by atoms with Gasteiger partial charge >= 0.3 is 0 Å². The third-order valence-corrected chi connectivity index (χ3v) is 14.3. The van der Waals surface area contributed by atoms with E-state index >= 15 is 0 Å². The number of benzene rings is 9. The van der Waals surface area contributed by atoms with Crippen LogP contribution in [0.5, 0.6) is 0 Å². The lowest BCUT2D eigenvalue weighted by Gasteiger charge is -2.35. The maximum atomic E-state index is 6.73. The van der Waals surface area contributed by atoms with Gasteiger partial charge in [0.1, 0.15) is 0 Å². The third kappa shape index (κ3) is 5.56. The van der Waals surface area contributed by atoms with Crippen molar-refractivity contribution in [2.24, 2.45) is 0 Å². The SMILES string of the molecule is Clc1cccc(-c2cc(N(c3ccccc3)c3ccc4c(c3)C(c3ccccc3)(c3ccccc3)c3ccccc3-4)cc3c2Sc2c(ccc4ccccc24)S3)c1. The molecule has 0 saturated carbocycles. The minimum atomic E-state index is -0.506. The summed E-state index contributed by atoms with van der Waals surface area (Å²) in [6.45, 7) is 0. The van der Waals surface area contributed by atoms with E-state index in [2.05, 4.69) is 205 Å². The smallest absolute Gasteiger partial charge is 0.0714 e. The van der Waals surface area contributed by atoms with E-state index in [-0.39, 0.29) is 0 Å². The van der Waals surface area contributed by atoms with Crippen LogP contribution in [-0.4, -0.2) is 0 Å². The van der Waals surface area contributed by atoms with Crippen LogP contribution in [0.3, 0.4) is 0 Å². The van der Waals surface area contributed by atoms with Gasteiger partial charge in [0, 0.05) is 41.7 Å². The number of hydrogen-bond acceptors (Lipinski definition) is 3. The van der Waals surface area contributed by atoms with Gasteiger partial charge in [0.2, 0.25) is 0 Å². The fraction of sp³-hybridized carbons (Fsp3) is 0.0189. The molecule has 1 nitrogen and oxygen atoms in total. The third-order valence-electron chi connectivity index (χ3n) is 11.4. The molecule has 0 N–H and O–H groups in total. The summed E-state index contributed by atoms with van der Waals surface area (Å²) in [6, 6.07) is 75.2. The molecule has 9 aromatic rings. The topological polar surface area (TPSA) is 3.24 Å². The molecular formula is C53H34ClNS2. The summed E-state index contributed by atoms with van der Waals surface area (Å²) in [5, 5.41) is 3.26. The van der Waals surface area contributed by atoms with E-state index in [1.165, 1.54) is 69.3 Å². The molecule has 0 saturated heterocycles. The average Bonchev–Trinajstić information content (AvgIpc) is 3.57. The van der Waals surface area contributed by atoms with Gasteiger partial charge in [0.15, 0.2) is 0 Å². The molecule has 4 heteroatoms. The zero-order valence-electron chi connectivity index (χ0n) is 30.8. The molecule has 0 atom stereocenters. The molecule has 1 aliphatic heterocycles. The van der Waals surface area contributed by atoms with Crippen molar-refractivity contribution in [2.45, 2.75) is 25.0 Å². The summed E-state index contributed by atoms with van der Waals surface area (Å²) in [4.78, 5) is 7.49. The molecule has 2 aliphatic rings. The van der Waals surface area contributed by atoms with Gasteiger partial charge < -0.3 is 4.90 Å². The Balaban J connectivity index is 1.16. The highest BCUT2D eigenvalue weighted by molar-refractivity contribution is 8.05. The van der Waals surface area contributed by atoms with E-state index in [1.54, 1.807) is 0 Å². The first-order valence-electron chi connectivity index (χ1n) is 19.2. The van der Waals surface area contributed by atoms with Crippen LogP contribution >= 0.6 is 35.1 Å². The molecule has 1 aliphatic carbocycles. The summed E-state index contributed by atoms with van der Waals surface area (Å²) in [6.07, 6.45) is 0. The lowest BCUT2D eigenvalue weighted by molar-refractivity contribution is 0.768. The quantitative estimate of drug-likeness (QED) is 0.165. The standard InChI is InChI=1S/C53H34ClNS2/c54-39-21-14-16-36(31-39)46-32-42(34-50-52(46)57-51-43-24-11-10-15-35(43)27-30-49(51)56-50)55(40-22-8-3-9-23-40)41-28-29-45-44-25-12-13-26-47(44)53(48(45)33-41,37-17-4-1-5-18-37)38-19-6-2-7-20-38/h1-34H. The Bertz CT molecular complexity index is 2940. The van der Waals surface area contributed by atoms with Gasteiger partial charge in [0.05, 0.1) is 5.41 Å². The van der Waals surface area contributed by atoms with E-state index in [4.69, 9.17) is 11.6 Å². The Labute approximate surface area is 346 Å². The van der Waals surface area contributed by atoms with E-state index in [1.807, 2.05) is 29.6 Å². The molecule has 57 heavy (non-hydrogen) atoms. The molecule has 0 fully saturated rings. The normalized spacial score (nSPS) is 13.4. The molecule has 0 spiro atoms. The second-order valence-corrected chi connectivity index (χ2v) is 17.1. The number of rotatable bonds is 6. The summed E-state index contributed by atoms with van der Waals surface area (Å²) in [5.41, 5.74) is 12.7. The van der Waals surface area contributed by atoms with Crippen LogP contribution in [0.1, 0.15) is 22.3 Å². The van der Waals surface area contributed by atoms with Crippen LogP contribution in [0.4, 0.5) is 17.1 Å². The predicted octanol–water partition coefficient (Wildman–Crippen LogP) is 15.6. The Kier molecular flexibility index (Phi) is 8.36. The number of fused-ring (bicyclic) bond motifs is 7. The highest BCUT2D eigenvalue weighted by atomic mass is 35.5. The largest absolute Gasteiger partial charge is 0.310 e. The van der Waals surface area contributed by atoms with Gasteiger partial charge in [-0.25, -0.2) is 0 Å². The average molecular weight is 784 g/mol. The minimum absolute atomic E-state index is 0.506. The molecule has 0 unspecified atom stereocenters. The summed E-state index contributed by atoms with van der Waals surface area (Å²) in [7, 11) is 0. The fourth-order valence-electron chi connectivity index (χ4n) is 8.99. The molecule has 11 rings (SSSR count). The Morgan fingerprint density at radius 1 is 0.404 bits per heavy atom. The number of nitrogens with zero attached hydrogens (tertiary/aromatic N) is 1. The Morgan fingerprint density at radius 2 is 1.09 bits per heavy atom. The van der Waals surface area contributed by atoms with Crippen molar-refractivity contribution in [1.29, 1.82) is 0 Å². The molecule has 0 amide bonds. The predicted molar refractivity (Wildman–Crippen MR) is 241 cm³/mol. The van der Waals surface area contributed by atoms with Crippen molar-refractivity contribution >= 4 is 63.0 Å². The van der Waals surface area contributed by atoms with Gasteiger partial charge in [0.25, 0.3) is 0 Å². The summed E-state index contributed by atoms with van der Waals surface area (Å²) in [5.74, 6) is 0. The van der Waals surface area contributed by atoms with E-state index < -0.39 is 5.41 Å². The van der Waals surface area contributed by atoms with Crippen molar-refractivity contribution in [3.8, 4) is 22.3 Å². The van der Waals surface area contributed by atoms with Gasteiger partial charge in [-0.3, -0.25) is 0 Å². The van der Waals surface area contributed by atoms with Crippen molar-refractivity contribution in [3.05, 3.63) is 234 Å². The maximum absolute atomic E-state index is 6.73. The molecular weight excluding hydrogens is 750 g/mol. The van der Waals surface area contributed by atoms with Crippen LogP contribution in [0.25, 0.3) is 33.0 Å². The second kappa shape index (κ2) is 13.9. The van der Waals surface area contributed by atoms with Crippen LogP contribution < -0.4 is 4.90 Å². The van der Waals surface area contributed by atoms with E-state index in [0.29, 0.717) is 0 Å². The van der Waals surface area contributed by atoms with Crippen LogP contribution in [0.15, 0.2) is 226 Å². The zero-order valence-corrected chi connectivity index (χ0v) is 33.2. The van der Waals surface area contributed by atoms with Gasteiger partial charge in [-0.2, -0.15) is 0 Å². The highest BCUT2D eigenvalue weighted by Crippen LogP contribution is 2.59. The monoisotopic (exact) mass is 783 g/mol. The maximum Gasteiger partial charge on any atom is 0.0714 e. The van der Waals surface area contributed by atoms with Crippen LogP contribution in [0.2, 0.25) is 5.02 Å². The number of anilines is 3. The van der Waals surface area contributed by atoms with Crippen molar-refractivity contribution in [1.82, 2.24) is 0 Å². The number of halogens is 1. The summed E-state index contributed by atoms with van der Waals surface area (Å²) >= 11 is 10.5. The lowest BCUT2D eigenvalue weighted by atomic mass is 9.67. The molecule has 0 radical (unpaired) electrons. The van der Waals surface area contributed by atoms with Gasteiger partial charge in [-0.1, -0.05) is 187 Å².